The molecule has 0 aliphatic carbocycles. The Morgan fingerprint density at radius 3 is 2.10 bits per heavy atom. The van der Waals surface area contributed by atoms with Crippen LogP contribution in [0.3, 0.4) is 0 Å². The van der Waals surface area contributed by atoms with E-state index in [0.29, 0.717) is 29.4 Å². The van der Waals surface area contributed by atoms with Gasteiger partial charge in [0.05, 0.1) is 34.4 Å². The topological polar surface area (TPSA) is 80.0 Å². The lowest BCUT2D eigenvalue weighted by molar-refractivity contribution is -0.143. The molecule has 0 bridgehead atoms. The van der Waals surface area contributed by atoms with Crippen molar-refractivity contribution in [3.63, 3.8) is 0 Å². The summed E-state index contributed by atoms with van der Waals surface area (Å²) in [7, 11) is 4.58. The smallest absolute Gasteiger partial charge is 0.307 e. The van der Waals surface area contributed by atoms with Gasteiger partial charge in [-0.3, -0.25) is 4.79 Å². The molecule has 0 aliphatic heterocycles. The van der Waals surface area contributed by atoms with Gasteiger partial charge >= 0.3 is 5.97 Å². The molecule has 6 nitrogen and oxygen atoms in total. The zero-order chi connectivity index (χ0) is 15.1. The maximum Gasteiger partial charge on any atom is 0.307 e. The zero-order valence-corrected chi connectivity index (χ0v) is 12.3. The zero-order valence-electron chi connectivity index (χ0n) is 12.3. The second kappa shape index (κ2) is 7.59. The maximum atomic E-state index is 11.5. The maximum absolute atomic E-state index is 11.5. The van der Waals surface area contributed by atoms with E-state index in [1.54, 1.807) is 19.1 Å². The predicted octanol–water partition coefficient (Wildman–Crippen LogP) is 1.67. The molecule has 0 spiro atoms. The van der Waals surface area contributed by atoms with Crippen molar-refractivity contribution in [2.45, 2.75) is 19.4 Å². The van der Waals surface area contributed by atoms with Crippen LogP contribution in [0.5, 0.6) is 17.2 Å². The standard InChI is InChI=1S/C14H21NO5/c1-5-20-13(16)8-10(15)9-6-11(17-2)14(19-4)12(7-9)18-3/h6-7,10H,5,8,15H2,1-4H3/t10-/m1/s1. The van der Waals surface area contributed by atoms with E-state index in [-0.39, 0.29) is 12.4 Å². The fourth-order valence-corrected chi connectivity index (χ4v) is 1.83. The van der Waals surface area contributed by atoms with E-state index >= 15 is 0 Å². The van der Waals surface area contributed by atoms with Crippen molar-refractivity contribution < 1.29 is 23.7 Å². The quantitative estimate of drug-likeness (QED) is 0.767. The van der Waals surface area contributed by atoms with Crippen LogP contribution in [0.25, 0.3) is 0 Å². The number of methoxy groups -OCH3 is 3. The van der Waals surface area contributed by atoms with E-state index < -0.39 is 6.04 Å². The highest BCUT2D eigenvalue weighted by molar-refractivity contribution is 5.70. The second-order valence-electron chi connectivity index (χ2n) is 4.07. The van der Waals surface area contributed by atoms with Crippen LogP contribution in [0.15, 0.2) is 12.1 Å². The molecular weight excluding hydrogens is 262 g/mol. The van der Waals surface area contributed by atoms with Crippen molar-refractivity contribution in [3.8, 4) is 17.2 Å². The van der Waals surface area contributed by atoms with E-state index in [4.69, 9.17) is 24.7 Å². The van der Waals surface area contributed by atoms with Crippen LogP contribution in [0.4, 0.5) is 0 Å². The third kappa shape index (κ3) is 3.77. The number of esters is 1. The van der Waals surface area contributed by atoms with E-state index in [9.17, 15) is 4.79 Å². The Balaban J connectivity index is 3.03. The van der Waals surface area contributed by atoms with Gasteiger partial charge in [-0.25, -0.2) is 0 Å². The lowest BCUT2D eigenvalue weighted by Gasteiger charge is -2.17. The number of nitrogens with two attached hydrogens (primary N) is 1. The van der Waals surface area contributed by atoms with Crippen molar-refractivity contribution >= 4 is 5.97 Å². The fourth-order valence-electron chi connectivity index (χ4n) is 1.83. The third-order valence-corrected chi connectivity index (χ3v) is 2.81. The summed E-state index contributed by atoms with van der Waals surface area (Å²) < 4.78 is 20.6. The summed E-state index contributed by atoms with van der Waals surface area (Å²) in [5.41, 5.74) is 6.73. The molecule has 0 amide bonds. The van der Waals surface area contributed by atoms with Gasteiger partial charge in [0, 0.05) is 6.04 Å². The number of hydrogen-bond acceptors (Lipinski definition) is 6. The first-order chi connectivity index (χ1) is 9.57. The summed E-state index contributed by atoms with van der Waals surface area (Å²) in [5.74, 6) is 1.15. The molecule has 0 radical (unpaired) electrons. The van der Waals surface area contributed by atoms with Crippen molar-refractivity contribution in [1.29, 1.82) is 0 Å². The minimum absolute atomic E-state index is 0.0898. The molecule has 1 atom stereocenters. The SMILES string of the molecule is CCOC(=O)C[C@@H](N)c1cc(OC)c(OC)c(OC)c1. The Hall–Kier alpha value is -1.95. The molecule has 0 aromatic heterocycles. The largest absolute Gasteiger partial charge is 0.493 e. The molecule has 0 saturated heterocycles. The Morgan fingerprint density at radius 1 is 1.15 bits per heavy atom. The van der Waals surface area contributed by atoms with Gasteiger partial charge in [-0.05, 0) is 24.6 Å². The van der Waals surface area contributed by atoms with E-state index in [0.717, 1.165) is 0 Å². The summed E-state index contributed by atoms with van der Waals surface area (Å²) in [6.45, 7) is 2.09. The first-order valence-corrected chi connectivity index (χ1v) is 6.28. The van der Waals surface area contributed by atoms with Gasteiger partial charge < -0.3 is 24.7 Å². The highest BCUT2D eigenvalue weighted by Crippen LogP contribution is 2.39. The van der Waals surface area contributed by atoms with E-state index in [1.165, 1.54) is 21.3 Å². The molecular formula is C14H21NO5. The molecule has 1 aromatic rings. The average Bonchev–Trinajstić information content (AvgIpc) is 2.45. The lowest BCUT2D eigenvalue weighted by atomic mass is 10.0. The Kier molecular flexibility index (Phi) is 6.11. The molecule has 6 heteroatoms. The summed E-state index contributed by atoms with van der Waals surface area (Å²) in [5, 5.41) is 0. The molecule has 20 heavy (non-hydrogen) atoms. The highest BCUT2D eigenvalue weighted by atomic mass is 16.5. The van der Waals surface area contributed by atoms with Crippen molar-refractivity contribution in [1.82, 2.24) is 0 Å². The average molecular weight is 283 g/mol. The Labute approximate surface area is 118 Å². The molecule has 0 saturated carbocycles. The minimum Gasteiger partial charge on any atom is -0.493 e. The van der Waals surface area contributed by atoms with Gasteiger partial charge in [-0.2, -0.15) is 0 Å². The van der Waals surface area contributed by atoms with Crippen molar-refractivity contribution in [2.24, 2.45) is 5.73 Å². The predicted molar refractivity (Wildman–Crippen MR) is 74.3 cm³/mol. The van der Waals surface area contributed by atoms with Gasteiger partial charge in [0.15, 0.2) is 11.5 Å². The number of hydrogen-bond donors (Lipinski definition) is 1. The van der Waals surface area contributed by atoms with Crippen molar-refractivity contribution in [3.05, 3.63) is 17.7 Å². The molecule has 112 valence electrons. The summed E-state index contributed by atoms with van der Waals surface area (Å²) in [6, 6.07) is 2.96. The molecule has 0 heterocycles. The van der Waals surface area contributed by atoms with Crippen molar-refractivity contribution in [2.75, 3.05) is 27.9 Å². The monoisotopic (exact) mass is 283 g/mol. The Morgan fingerprint density at radius 2 is 1.70 bits per heavy atom. The number of ether oxygens (including phenoxy) is 4. The third-order valence-electron chi connectivity index (χ3n) is 2.81. The normalized spacial score (nSPS) is 11.7. The Bertz CT molecular complexity index is 436. The summed E-state index contributed by atoms with van der Waals surface area (Å²) >= 11 is 0. The first kappa shape index (κ1) is 16.1. The van der Waals surface area contributed by atoms with Gasteiger partial charge in [-0.1, -0.05) is 0 Å². The highest BCUT2D eigenvalue weighted by Gasteiger charge is 2.18. The minimum atomic E-state index is -0.497. The summed E-state index contributed by atoms with van der Waals surface area (Å²) in [6.07, 6.45) is 0.0898. The van der Waals surface area contributed by atoms with Gasteiger partial charge in [0.1, 0.15) is 0 Å². The number of carbonyl (C=O) groups is 1. The first-order valence-electron chi connectivity index (χ1n) is 6.28. The van der Waals surface area contributed by atoms with Crippen LogP contribution in [-0.4, -0.2) is 33.9 Å². The summed E-state index contributed by atoms with van der Waals surface area (Å²) in [4.78, 5) is 11.5. The van der Waals surface area contributed by atoms with Gasteiger partial charge in [0.25, 0.3) is 0 Å². The van der Waals surface area contributed by atoms with Gasteiger partial charge in [0.2, 0.25) is 5.75 Å². The molecule has 0 fully saturated rings. The molecule has 1 aromatic carbocycles. The van der Waals surface area contributed by atoms with Crippen LogP contribution in [-0.2, 0) is 9.53 Å². The number of rotatable bonds is 7. The molecule has 0 aliphatic rings. The van der Waals surface area contributed by atoms with Crippen LogP contribution in [0.1, 0.15) is 24.9 Å². The van der Waals surface area contributed by atoms with Crippen LogP contribution in [0, 0.1) is 0 Å². The van der Waals surface area contributed by atoms with Crippen LogP contribution >= 0.6 is 0 Å². The van der Waals surface area contributed by atoms with Gasteiger partial charge in [-0.15, -0.1) is 0 Å². The molecule has 0 unspecified atom stereocenters. The van der Waals surface area contributed by atoms with Crippen LogP contribution < -0.4 is 19.9 Å². The fraction of sp³-hybridized carbons (Fsp3) is 0.500. The van der Waals surface area contributed by atoms with Crippen LogP contribution in [0.2, 0.25) is 0 Å². The molecule has 2 N–H and O–H groups in total. The van der Waals surface area contributed by atoms with E-state index in [2.05, 4.69) is 0 Å². The molecule has 1 rings (SSSR count). The van der Waals surface area contributed by atoms with E-state index in [1.807, 2.05) is 0 Å². The number of carbonyl (C=O) groups excluding carboxylic acids is 1. The number of benzene rings is 1. The lowest BCUT2D eigenvalue weighted by Crippen LogP contribution is -2.17. The second-order valence-corrected chi connectivity index (χ2v) is 4.07.